The van der Waals surface area contributed by atoms with E-state index in [-0.39, 0.29) is 5.91 Å². The van der Waals surface area contributed by atoms with Gasteiger partial charge >= 0.3 is 0 Å². The Morgan fingerprint density at radius 2 is 2.12 bits per heavy atom. The van der Waals surface area contributed by atoms with E-state index in [9.17, 15) is 4.79 Å². The standard InChI is InChI=1S/C18H19ClN4O/c1-22(2)9-10-23-8-6-13-3-4-14(11-17(13)23)21-18(24)15-5-7-20-12-16(15)19/h3-8,11-12H,9-10H2,1-2H3,(H,21,24). The van der Waals surface area contributed by atoms with Crippen LogP contribution in [0.4, 0.5) is 5.69 Å². The van der Waals surface area contributed by atoms with E-state index in [1.807, 2.05) is 18.2 Å². The summed E-state index contributed by atoms with van der Waals surface area (Å²) >= 11 is 6.03. The molecule has 3 aromatic rings. The SMILES string of the molecule is CN(C)CCn1ccc2ccc(NC(=O)c3ccncc3Cl)cc21. The van der Waals surface area contributed by atoms with Crippen LogP contribution in [-0.4, -0.2) is 41.0 Å². The largest absolute Gasteiger partial charge is 0.346 e. The molecule has 1 aromatic carbocycles. The zero-order valence-electron chi connectivity index (χ0n) is 13.7. The molecule has 1 amide bonds. The van der Waals surface area contributed by atoms with Crippen LogP contribution in [0.5, 0.6) is 0 Å². The van der Waals surface area contributed by atoms with Crippen LogP contribution >= 0.6 is 11.6 Å². The Morgan fingerprint density at radius 3 is 2.88 bits per heavy atom. The second-order valence-corrected chi connectivity index (χ2v) is 6.30. The fourth-order valence-electron chi connectivity index (χ4n) is 2.52. The highest BCUT2D eigenvalue weighted by molar-refractivity contribution is 6.34. The second kappa shape index (κ2) is 7.03. The molecule has 0 fully saturated rings. The molecular formula is C18H19ClN4O. The van der Waals surface area contributed by atoms with Gasteiger partial charge in [-0.05, 0) is 43.7 Å². The Kier molecular flexibility index (Phi) is 4.83. The third-order valence-electron chi connectivity index (χ3n) is 3.84. The van der Waals surface area contributed by atoms with Crippen LogP contribution < -0.4 is 5.32 Å². The van der Waals surface area contributed by atoms with E-state index < -0.39 is 0 Å². The second-order valence-electron chi connectivity index (χ2n) is 5.90. The molecule has 0 bridgehead atoms. The predicted octanol–water partition coefficient (Wildman–Crippen LogP) is 3.50. The van der Waals surface area contributed by atoms with E-state index >= 15 is 0 Å². The van der Waals surface area contributed by atoms with Crippen molar-refractivity contribution in [2.45, 2.75) is 6.54 Å². The lowest BCUT2D eigenvalue weighted by Gasteiger charge is -2.12. The fourth-order valence-corrected chi connectivity index (χ4v) is 2.73. The highest BCUT2D eigenvalue weighted by atomic mass is 35.5. The molecule has 5 nitrogen and oxygen atoms in total. The smallest absolute Gasteiger partial charge is 0.257 e. The van der Waals surface area contributed by atoms with Gasteiger partial charge in [-0.3, -0.25) is 9.78 Å². The fraction of sp³-hybridized carbons (Fsp3) is 0.222. The van der Waals surface area contributed by atoms with Crippen LogP contribution in [-0.2, 0) is 6.54 Å². The summed E-state index contributed by atoms with van der Waals surface area (Å²) in [6, 6.07) is 9.57. The van der Waals surface area contributed by atoms with Gasteiger partial charge in [0.05, 0.1) is 16.1 Å². The molecular weight excluding hydrogens is 324 g/mol. The molecule has 0 saturated heterocycles. The number of hydrogen-bond donors (Lipinski definition) is 1. The molecule has 6 heteroatoms. The lowest BCUT2D eigenvalue weighted by atomic mass is 10.2. The van der Waals surface area contributed by atoms with Gasteiger partial charge in [0.15, 0.2) is 0 Å². The van der Waals surface area contributed by atoms with Crippen molar-refractivity contribution in [2.75, 3.05) is 26.0 Å². The van der Waals surface area contributed by atoms with E-state index in [4.69, 9.17) is 11.6 Å². The number of rotatable bonds is 5. The Balaban J connectivity index is 1.83. The van der Waals surface area contributed by atoms with E-state index in [0.29, 0.717) is 10.6 Å². The number of carbonyl (C=O) groups excluding carboxylic acids is 1. The molecule has 124 valence electrons. The van der Waals surface area contributed by atoms with Crippen molar-refractivity contribution >= 4 is 34.1 Å². The lowest BCUT2D eigenvalue weighted by molar-refractivity contribution is 0.102. The number of amides is 1. The maximum Gasteiger partial charge on any atom is 0.257 e. The molecule has 0 spiro atoms. The van der Waals surface area contributed by atoms with Gasteiger partial charge in [-0.1, -0.05) is 17.7 Å². The number of benzene rings is 1. The number of aromatic nitrogens is 2. The van der Waals surface area contributed by atoms with Gasteiger partial charge in [0, 0.05) is 37.4 Å². The van der Waals surface area contributed by atoms with Gasteiger partial charge in [0.2, 0.25) is 0 Å². The predicted molar refractivity (Wildman–Crippen MR) is 97.7 cm³/mol. The van der Waals surface area contributed by atoms with E-state index in [1.165, 1.54) is 6.20 Å². The molecule has 0 radical (unpaired) electrons. The number of halogens is 1. The van der Waals surface area contributed by atoms with Crippen LogP contribution in [0.3, 0.4) is 0 Å². The van der Waals surface area contributed by atoms with E-state index in [2.05, 4.69) is 46.1 Å². The number of nitrogens with one attached hydrogen (secondary N) is 1. The van der Waals surface area contributed by atoms with Crippen molar-refractivity contribution in [3.8, 4) is 0 Å². The zero-order valence-corrected chi connectivity index (χ0v) is 14.4. The van der Waals surface area contributed by atoms with Crippen molar-refractivity contribution in [1.82, 2.24) is 14.5 Å². The molecule has 0 unspecified atom stereocenters. The van der Waals surface area contributed by atoms with Crippen LogP contribution in [0.25, 0.3) is 10.9 Å². The minimum absolute atomic E-state index is 0.242. The van der Waals surface area contributed by atoms with Crippen molar-refractivity contribution in [3.05, 3.63) is 59.5 Å². The number of anilines is 1. The van der Waals surface area contributed by atoms with Crippen LogP contribution in [0.1, 0.15) is 10.4 Å². The average molecular weight is 343 g/mol. The molecule has 0 aliphatic rings. The number of carbonyl (C=O) groups is 1. The monoisotopic (exact) mass is 342 g/mol. The number of likely N-dealkylation sites (N-methyl/N-ethyl adjacent to an activating group) is 1. The lowest BCUT2D eigenvalue weighted by Crippen LogP contribution is -2.18. The molecule has 2 heterocycles. The summed E-state index contributed by atoms with van der Waals surface area (Å²) in [4.78, 5) is 18.4. The molecule has 3 rings (SSSR count). The third kappa shape index (κ3) is 3.58. The van der Waals surface area contributed by atoms with Gasteiger partial charge in [-0.15, -0.1) is 0 Å². The minimum Gasteiger partial charge on any atom is -0.346 e. The Labute approximate surface area is 145 Å². The Hall–Kier alpha value is -2.37. The minimum atomic E-state index is -0.242. The Morgan fingerprint density at radius 1 is 1.29 bits per heavy atom. The molecule has 2 aromatic heterocycles. The van der Waals surface area contributed by atoms with Gasteiger partial charge in [0.25, 0.3) is 5.91 Å². The van der Waals surface area contributed by atoms with Gasteiger partial charge in [-0.25, -0.2) is 0 Å². The quantitative estimate of drug-likeness (QED) is 0.772. The number of pyridine rings is 1. The highest BCUT2D eigenvalue weighted by Gasteiger charge is 2.11. The first-order valence-electron chi connectivity index (χ1n) is 7.69. The van der Waals surface area contributed by atoms with Gasteiger partial charge < -0.3 is 14.8 Å². The molecule has 0 aliphatic heterocycles. The summed E-state index contributed by atoms with van der Waals surface area (Å²) in [5, 5.41) is 4.38. The first-order valence-corrected chi connectivity index (χ1v) is 8.07. The van der Waals surface area contributed by atoms with E-state index in [1.54, 1.807) is 12.3 Å². The third-order valence-corrected chi connectivity index (χ3v) is 4.14. The Bertz CT molecular complexity index is 872. The van der Waals surface area contributed by atoms with Crippen molar-refractivity contribution in [1.29, 1.82) is 0 Å². The van der Waals surface area contributed by atoms with Gasteiger partial charge in [0.1, 0.15) is 0 Å². The summed E-state index contributed by atoms with van der Waals surface area (Å²) < 4.78 is 2.18. The van der Waals surface area contributed by atoms with Crippen LogP contribution in [0.2, 0.25) is 5.02 Å². The van der Waals surface area contributed by atoms with Crippen molar-refractivity contribution in [3.63, 3.8) is 0 Å². The average Bonchev–Trinajstić information content (AvgIpc) is 2.95. The first-order chi connectivity index (χ1) is 11.5. The van der Waals surface area contributed by atoms with Crippen LogP contribution in [0.15, 0.2) is 48.9 Å². The van der Waals surface area contributed by atoms with Crippen molar-refractivity contribution in [2.24, 2.45) is 0 Å². The molecule has 0 atom stereocenters. The molecule has 0 saturated carbocycles. The first kappa shape index (κ1) is 16.5. The topological polar surface area (TPSA) is 50.2 Å². The molecule has 0 aliphatic carbocycles. The summed E-state index contributed by atoms with van der Waals surface area (Å²) in [5.41, 5.74) is 2.25. The summed E-state index contributed by atoms with van der Waals surface area (Å²) in [7, 11) is 4.10. The molecule has 1 N–H and O–H groups in total. The highest BCUT2D eigenvalue weighted by Crippen LogP contribution is 2.22. The number of hydrogen-bond acceptors (Lipinski definition) is 3. The van der Waals surface area contributed by atoms with Gasteiger partial charge in [-0.2, -0.15) is 0 Å². The summed E-state index contributed by atoms with van der Waals surface area (Å²) in [6.07, 6.45) is 5.09. The summed E-state index contributed by atoms with van der Waals surface area (Å²) in [6.45, 7) is 1.84. The maximum atomic E-state index is 12.4. The van der Waals surface area contributed by atoms with E-state index in [0.717, 1.165) is 29.7 Å². The van der Waals surface area contributed by atoms with Crippen molar-refractivity contribution < 1.29 is 4.79 Å². The zero-order chi connectivity index (χ0) is 17.1. The van der Waals surface area contributed by atoms with Crippen LogP contribution in [0, 0.1) is 0 Å². The maximum absolute atomic E-state index is 12.4. The summed E-state index contributed by atoms with van der Waals surface area (Å²) in [5.74, 6) is -0.242. The number of fused-ring (bicyclic) bond motifs is 1. The molecule has 24 heavy (non-hydrogen) atoms. The normalized spacial score (nSPS) is 11.2. The number of nitrogens with zero attached hydrogens (tertiary/aromatic N) is 3.